The van der Waals surface area contributed by atoms with Crippen LogP contribution in [0.1, 0.15) is 160 Å². The summed E-state index contributed by atoms with van der Waals surface area (Å²) in [6, 6.07) is 5.86. The minimum Gasteiger partial charge on any atom is -0.508 e. The summed E-state index contributed by atoms with van der Waals surface area (Å²) in [6.45, 7) is 9.94. The van der Waals surface area contributed by atoms with Crippen molar-refractivity contribution in [2.24, 2.45) is 11.7 Å². The number of aliphatic hydroxyl groups is 6. The number of aromatic hydroxyl groups is 3. The number of aliphatic hydroxyl groups excluding tert-OH is 6. The first-order valence-corrected chi connectivity index (χ1v) is 42.3. The van der Waals surface area contributed by atoms with Crippen LogP contribution in [0, 0.1) is 5.92 Å². The van der Waals surface area contributed by atoms with Gasteiger partial charge in [-0.2, -0.15) is 0 Å². The van der Waals surface area contributed by atoms with E-state index in [9.17, 15) is 79.8 Å². The van der Waals surface area contributed by atoms with Gasteiger partial charge in [0.1, 0.15) is 89.5 Å². The van der Waals surface area contributed by atoms with Gasteiger partial charge in [0.05, 0.1) is 62.0 Å². The number of phenols is 3. The van der Waals surface area contributed by atoms with Crippen molar-refractivity contribution in [1.29, 1.82) is 0 Å². The van der Waals surface area contributed by atoms with Gasteiger partial charge < -0.3 is 143 Å². The van der Waals surface area contributed by atoms with E-state index in [0.717, 1.165) is 92.4 Å². The lowest BCUT2D eigenvalue weighted by Crippen LogP contribution is -2.65. The van der Waals surface area contributed by atoms with Gasteiger partial charge in [-0.25, -0.2) is 4.79 Å². The number of nitrogens with zero attached hydrogens (tertiary/aromatic N) is 1. The van der Waals surface area contributed by atoms with Crippen LogP contribution in [-0.2, 0) is 63.9 Å². The Bertz CT molecular complexity index is 5070. The van der Waals surface area contributed by atoms with Crippen LogP contribution >= 0.6 is 23.2 Å². The first-order chi connectivity index (χ1) is 60.2. The Morgan fingerprint density at radius 2 is 1.31 bits per heavy atom. The summed E-state index contributed by atoms with van der Waals surface area (Å²) >= 11 is 14.3. The lowest BCUT2D eigenvalue weighted by molar-refractivity contribution is -0.882. The van der Waals surface area contributed by atoms with Crippen LogP contribution < -0.4 is 73.1 Å². The Balaban J connectivity index is 1.01. The van der Waals surface area contributed by atoms with Crippen molar-refractivity contribution in [1.82, 2.24) is 53.2 Å². The summed E-state index contributed by atoms with van der Waals surface area (Å²) in [5, 5.41) is 143. The molecule has 7 aliphatic heterocycles. The number of carbonyl (C=O) groups excluding carboxylic acids is 9. The molecule has 0 unspecified atom stereocenters. The second-order valence-electron chi connectivity index (χ2n) is 33.5. The maximum Gasteiger partial charge on any atom is 0.330 e. The molecule has 127 heavy (non-hydrogen) atoms. The molecule has 11 bridgehead atoms. The number of unbranched alkanes of at least 4 members (excludes halogenated alkanes) is 3. The van der Waals surface area contributed by atoms with E-state index in [0.29, 0.717) is 41.7 Å². The number of carboxylic acids is 1. The van der Waals surface area contributed by atoms with E-state index >= 15 is 19.2 Å². The molecule has 40 heteroatoms. The molecule has 18 atom stereocenters. The third kappa shape index (κ3) is 23.3. The Kier molecular flexibility index (Phi) is 31.8. The molecule has 7 heterocycles. The number of nitrogens with two attached hydrogens (primary N) is 1. The molecule has 0 radical (unpaired) electrons. The van der Waals surface area contributed by atoms with Crippen LogP contribution in [0.25, 0.3) is 11.1 Å². The summed E-state index contributed by atoms with van der Waals surface area (Å²) in [4.78, 5) is 144. The van der Waals surface area contributed by atoms with E-state index in [1.165, 1.54) is 19.2 Å². The summed E-state index contributed by atoms with van der Waals surface area (Å²) in [5.41, 5.74) is 2.58. The highest BCUT2D eigenvalue weighted by atomic mass is 35.5. The Morgan fingerprint density at radius 3 is 1.94 bits per heavy atom. The van der Waals surface area contributed by atoms with E-state index in [4.69, 9.17) is 57.4 Å². The summed E-state index contributed by atoms with van der Waals surface area (Å²) in [5.74, 6) is -16.6. The highest BCUT2D eigenvalue weighted by Gasteiger charge is 2.52. The third-order valence-electron chi connectivity index (χ3n) is 22.8. The van der Waals surface area contributed by atoms with Gasteiger partial charge in [-0.1, -0.05) is 93.6 Å². The number of nitrogens with one attached hydrogen (secondary N) is 10. The third-order valence-corrected chi connectivity index (χ3v) is 23.4. The predicted molar refractivity (Wildman–Crippen MR) is 454 cm³/mol. The topological polar surface area (TPSA) is 575 Å². The lowest BCUT2D eigenvalue weighted by Gasteiger charge is -2.48. The number of likely N-dealkylation sites (N-methyl/N-ethyl adjacent to an activating group) is 2. The van der Waals surface area contributed by atoms with Gasteiger partial charge in [-0.15, -0.1) is 0 Å². The number of fused-ring (bicyclic) bond motifs is 15. The molecule has 38 nitrogen and oxygen atoms in total. The molecule has 7 aliphatic rings. The maximum atomic E-state index is 16.3. The predicted octanol–water partition coefficient (Wildman–Crippen LogP) is 2.83. The second kappa shape index (κ2) is 41.8. The molecular formula is C87H109Cl2N12O26+. The van der Waals surface area contributed by atoms with E-state index in [1.807, 2.05) is 27.9 Å². The van der Waals surface area contributed by atoms with Crippen molar-refractivity contribution in [3.05, 3.63) is 152 Å². The zero-order valence-electron chi connectivity index (χ0n) is 70.9. The largest absolute Gasteiger partial charge is 0.508 e. The monoisotopic (exact) mass is 1810 g/mol. The van der Waals surface area contributed by atoms with E-state index in [2.05, 4.69) is 60.1 Å². The number of hydrogen-bond acceptors (Lipinski definition) is 27. The number of amides is 9. The fourth-order valence-electron chi connectivity index (χ4n) is 15.8. The molecule has 6 aromatic carbocycles. The van der Waals surface area contributed by atoms with Crippen molar-refractivity contribution in [3.8, 4) is 57.1 Å². The van der Waals surface area contributed by atoms with E-state index < -0.39 is 237 Å². The van der Waals surface area contributed by atoms with Crippen molar-refractivity contribution < 1.29 is 132 Å². The Labute approximate surface area is 740 Å². The second-order valence-corrected chi connectivity index (χ2v) is 34.3. The van der Waals surface area contributed by atoms with Crippen LogP contribution in [0.15, 0.2) is 103 Å². The maximum absolute atomic E-state index is 16.3. The number of benzene rings is 6. The molecule has 2 fully saturated rings. The molecule has 13 rings (SSSR count). The Hall–Kier alpha value is -11.1. The highest BCUT2D eigenvalue weighted by molar-refractivity contribution is 6.32. The number of hydrogen-bond donors (Lipinski definition) is 21. The lowest BCUT2D eigenvalue weighted by atomic mass is 9.84. The number of quaternary nitrogens is 1. The molecule has 0 spiro atoms. The molecule has 0 saturated carbocycles. The van der Waals surface area contributed by atoms with Crippen LogP contribution in [-0.4, -0.2) is 248 Å². The van der Waals surface area contributed by atoms with Gasteiger partial charge in [0.15, 0.2) is 36.5 Å². The van der Waals surface area contributed by atoms with Gasteiger partial charge in [-0.3, -0.25) is 43.2 Å². The molecule has 0 aromatic heterocycles. The molecule has 0 aliphatic carbocycles. The van der Waals surface area contributed by atoms with Crippen molar-refractivity contribution >= 4 is 82.3 Å². The first kappa shape index (κ1) is 96.6. The van der Waals surface area contributed by atoms with Crippen molar-refractivity contribution in [3.63, 3.8) is 0 Å². The van der Waals surface area contributed by atoms with E-state index in [1.54, 1.807) is 38.1 Å². The zero-order chi connectivity index (χ0) is 92.4. The number of rotatable bonds is 28. The van der Waals surface area contributed by atoms with Gasteiger partial charge in [0.25, 0.3) is 11.8 Å². The molecular weight excluding hydrogens is 1700 g/mol. The van der Waals surface area contributed by atoms with Crippen LogP contribution in [0.2, 0.25) is 10.0 Å². The Morgan fingerprint density at radius 1 is 0.685 bits per heavy atom. The smallest absolute Gasteiger partial charge is 0.330 e. The minimum atomic E-state index is -2.38. The van der Waals surface area contributed by atoms with Crippen LogP contribution in [0.5, 0.6) is 46.0 Å². The van der Waals surface area contributed by atoms with Crippen LogP contribution in [0.3, 0.4) is 0 Å². The van der Waals surface area contributed by atoms with Gasteiger partial charge >= 0.3 is 5.97 Å². The number of halogens is 2. The quantitative estimate of drug-likeness (QED) is 0.0248. The molecule has 2 saturated heterocycles. The number of aliphatic carboxylic acids is 1. The molecule has 6 aromatic rings. The SMILES string of the molecule is CCCCCCNC(=O)C[N+](C)(C)CCCNC(=O)c1ccc(CN[C@@]2(C)C[C@H](O[C@H]3[C@H](Oc4c5cc6cc4Oc4ccc(cc4Cl)[C@@H](O)[C@@H](NC(=O)[C@@H](CC(C)C)NC)C(=O)N[C@@H](CC(N)=O)C(=O)N[C@H]6C(=O)N[C@H]4C(=O)N[C@H](C(=O)N[C@H](C(=O)O)c6cc(O)cc(O)c6-c6cc4ccc6O)[C@H](O)c4ccc(c(Cl)c4)O5)O[C@H](CO)[C@@H](O)[C@@H]3O)O[C@@H](C)[C@H]2O)cc1. The normalized spacial score (nSPS) is 25.9. The average molecular weight is 1810 g/mol. The summed E-state index contributed by atoms with van der Waals surface area (Å²) in [7, 11) is 5.38. The van der Waals surface area contributed by atoms with Crippen LogP contribution in [0.4, 0.5) is 0 Å². The van der Waals surface area contributed by atoms with Gasteiger partial charge in [0, 0.05) is 66.3 Å². The number of carbonyl (C=O) groups is 10. The fraction of sp³-hybridized carbons (Fsp3) is 0.471. The van der Waals surface area contributed by atoms with Crippen molar-refractivity contribution in [2.75, 3.05) is 53.9 Å². The van der Waals surface area contributed by atoms with Crippen molar-refractivity contribution in [2.45, 2.75) is 202 Å². The summed E-state index contributed by atoms with van der Waals surface area (Å²) in [6.07, 6.45) is -14.4. The molecule has 22 N–H and O–H groups in total. The minimum absolute atomic E-state index is 0.0387. The number of carboxylic acid groups (broad SMARTS) is 1. The first-order valence-electron chi connectivity index (χ1n) is 41.6. The number of primary amides is 1. The van der Waals surface area contributed by atoms with Gasteiger partial charge in [-0.05, 0) is 134 Å². The highest BCUT2D eigenvalue weighted by Crippen LogP contribution is 2.50. The number of ether oxygens (including phenoxy) is 6. The summed E-state index contributed by atoms with van der Waals surface area (Å²) < 4.78 is 40.0. The fourth-order valence-corrected chi connectivity index (χ4v) is 16.3. The zero-order valence-corrected chi connectivity index (χ0v) is 72.4. The molecule has 9 amide bonds. The average Bonchev–Trinajstić information content (AvgIpc) is 0.767. The van der Waals surface area contributed by atoms with Gasteiger partial charge in [0.2, 0.25) is 53.4 Å². The number of phenolic OH excluding ortho intramolecular Hbond substituents is 3. The molecule has 686 valence electrons. The standard InChI is InChI=1S/C87H108Cl2N12O26/c1-9-10-11-12-24-92-63(107)38-101(7,8)26-13-25-93-78(113)43-16-14-42(15-17-43)37-94-87(5)36-64(122-41(4)77(87)112)126-76-74(111)73(110)61(39-102)125-86(76)127-75-59-31-47-32-60(75)124-58-23-20-46(30-52(58)89)72(109)70-84(119)98-68(85(120)121)50-33-48(103)34-56(105)65(50)49-28-44(18-21-55(49)104)66(81(116)100-70)97-82(117)67(47)96-80(115)54(35-62(90)106)95-83(118)69(99-79(114)53(91-6)27-40(2)3)71(108)45-19-22-57(123-59)51(88)29-45/h14-23,28-34,40-41,53-54,61,64,66-74,76-77,86,91,94,102,108-112H,9-13,24-27,35-39H2,1-8H3,(H13-,90,92,93,95,96,97,98,99,100,103,104,105,106,107,113,114,115,116,117,118,119,120,121)/p+1/t41-,53+,54-,61+,64-,66+,67+,68-,69+,70-,71+,72+,73+,74-,76+,77+,86-,87-/m0/s1. The van der Waals surface area contributed by atoms with E-state index in [-0.39, 0.29) is 71.1 Å².